The first-order chi connectivity index (χ1) is 14.7. The Morgan fingerprint density at radius 1 is 0.733 bits per heavy atom. The number of rotatable bonds is 4. The maximum Gasteiger partial charge on any atom is 0.161 e. The van der Waals surface area contributed by atoms with E-state index < -0.39 is 0 Å². The molecule has 0 bridgehead atoms. The average molecular weight is 408 g/mol. The lowest BCUT2D eigenvalue weighted by Crippen LogP contribution is -2.44. The molecule has 0 unspecified atom stereocenters. The van der Waals surface area contributed by atoms with Gasteiger partial charge in [-0.1, -0.05) is 12.5 Å². The SMILES string of the molecule is COc1cc2c(cc1OC)-c1cc(OC)c(OC)cc1[C@H]1CN3CCCC[C@H]3C=C21. The molecule has 1 fully saturated rings. The summed E-state index contributed by atoms with van der Waals surface area (Å²) in [5, 5.41) is 0. The Labute approximate surface area is 178 Å². The van der Waals surface area contributed by atoms with E-state index in [4.69, 9.17) is 18.9 Å². The minimum atomic E-state index is 0.305. The molecule has 2 heterocycles. The summed E-state index contributed by atoms with van der Waals surface area (Å²) in [5.74, 6) is 3.34. The van der Waals surface area contributed by atoms with Gasteiger partial charge >= 0.3 is 0 Å². The highest BCUT2D eigenvalue weighted by atomic mass is 16.5. The van der Waals surface area contributed by atoms with E-state index >= 15 is 0 Å². The van der Waals surface area contributed by atoms with Crippen LogP contribution >= 0.6 is 0 Å². The van der Waals surface area contributed by atoms with Crippen molar-refractivity contribution < 1.29 is 18.9 Å². The van der Waals surface area contributed by atoms with E-state index in [-0.39, 0.29) is 0 Å². The Bertz CT molecular complexity index is 1010. The third kappa shape index (κ3) is 2.87. The second-order valence-electron chi connectivity index (χ2n) is 8.28. The van der Waals surface area contributed by atoms with E-state index in [1.807, 2.05) is 0 Å². The van der Waals surface area contributed by atoms with Crippen LogP contribution in [0.15, 0.2) is 30.3 Å². The quantitative estimate of drug-likeness (QED) is 0.732. The third-order valence-electron chi connectivity index (χ3n) is 6.88. The van der Waals surface area contributed by atoms with Crippen molar-refractivity contribution in [3.63, 3.8) is 0 Å². The van der Waals surface area contributed by atoms with Crippen LogP contribution in [0.25, 0.3) is 16.7 Å². The highest BCUT2D eigenvalue weighted by Crippen LogP contribution is 2.54. The van der Waals surface area contributed by atoms with Gasteiger partial charge in [0.2, 0.25) is 0 Å². The predicted octanol–water partition coefficient (Wildman–Crippen LogP) is 4.74. The maximum atomic E-state index is 5.66. The van der Waals surface area contributed by atoms with Gasteiger partial charge in [0.05, 0.1) is 28.4 Å². The summed E-state index contributed by atoms with van der Waals surface area (Å²) in [6, 6.07) is 9.04. The van der Waals surface area contributed by atoms with Crippen molar-refractivity contribution in [1.29, 1.82) is 0 Å². The lowest BCUT2D eigenvalue weighted by molar-refractivity contribution is 0.169. The van der Waals surface area contributed by atoms with Gasteiger partial charge in [0, 0.05) is 18.5 Å². The maximum absolute atomic E-state index is 5.66. The molecule has 30 heavy (non-hydrogen) atoms. The molecule has 1 aliphatic carbocycles. The van der Waals surface area contributed by atoms with Crippen LogP contribution in [0.2, 0.25) is 0 Å². The van der Waals surface area contributed by atoms with Gasteiger partial charge in [0.25, 0.3) is 0 Å². The predicted molar refractivity (Wildman–Crippen MR) is 118 cm³/mol. The molecular weight excluding hydrogens is 378 g/mol. The molecule has 0 radical (unpaired) electrons. The van der Waals surface area contributed by atoms with E-state index in [9.17, 15) is 0 Å². The molecule has 2 aromatic carbocycles. The Hall–Kier alpha value is -2.66. The Balaban J connectivity index is 1.78. The van der Waals surface area contributed by atoms with Crippen LogP contribution in [0.5, 0.6) is 23.0 Å². The van der Waals surface area contributed by atoms with Gasteiger partial charge in [0.15, 0.2) is 23.0 Å². The Morgan fingerprint density at radius 2 is 1.33 bits per heavy atom. The summed E-state index contributed by atoms with van der Waals surface area (Å²) in [7, 11) is 6.77. The molecule has 2 aliphatic heterocycles. The minimum absolute atomic E-state index is 0.305. The first kappa shape index (κ1) is 19.3. The number of benzene rings is 2. The number of piperidine rings is 1. The van der Waals surface area contributed by atoms with Gasteiger partial charge in [-0.05, 0) is 71.5 Å². The molecule has 0 N–H and O–H groups in total. The Morgan fingerprint density at radius 3 is 2.00 bits per heavy atom. The number of hydrogen-bond acceptors (Lipinski definition) is 5. The van der Waals surface area contributed by atoms with Gasteiger partial charge in [-0.25, -0.2) is 0 Å². The fourth-order valence-corrected chi connectivity index (χ4v) is 5.39. The molecule has 0 amide bonds. The third-order valence-corrected chi connectivity index (χ3v) is 6.88. The molecule has 3 aliphatic rings. The summed E-state index contributed by atoms with van der Waals surface area (Å²) in [6.07, 6.45) is 6.32. The molecule has 0 saturated carbocycles. The molecular formula is C25H29NO4. The number of hydrogen-bond donors (Lipinski definition) is 0. The fourth-order valence-electron chi connectivity index (χ4n) is 5.39. The summed E-state index contributed by atoms with van der Waals surface area (Å²) in [4.78, 5) is 2.64. The first-order valence-electron chi connectivity index (χ1n) is 10.7. The summed E-state index contributed by atoms with van der Waals surface area (Å²) in [5.41, 5.74) is 6.27. The molecule has 5 rings (SSSR count). The monoisotopic (exact) mass is 407 g/mol. The van der Waals surface area contributed by atoms with Crippen LogP contribution in [-0.2, 0) is 0 Å². The topological polar surface area (TPSA) is 40.2 Å². The number of nitrogens with zero attached hydrogens (tertiary/aromatic N) is 1. The van der Waals surface area contributed by atoms with Crippen LogP contribution < -0.4 is 18.9 Å². The van der Waals surface area contributed by atoms with E-state index in [2.05, 4.69) is 35.2 Å². The van der Waals surface area contributed by atoms with E-state index in [0.29, 0.717) is 12.0 Å². The molecule has 5 heteroatoms. The van der Waals surface area contributed by atoms with Crippen LogP contribution in [0.4, 0.5) is 0 Å². The number of fused-ring (bicyclic) bond motifs is 7. The van der Waals surface area contributed by atoms with Gasteiger partial charge in [-0.15, -0.1) is 0 Å². The van der Waals surface area contributed by atoms with Crippen molar-refractivity contribution in [2.24, 2.45) is 0 Å². The summed E-state index contributed by atoms with van der Waals surface area (Å²) >= 11 is 0. The number of ether oxygens (including phenoxy) is 4. The normalized spacial score (nSPS) is 22.1. The van der Waals surface area contributed by atoms with Gasteiger partial charge in [-0.3, -0.25) is 4.90 Å². The van der Waals surface area contributed by atoms with Crippen molar-refractivity contribution in [3.8, 4) is 34.1 Å². The van der Waals surface area contributed by atoms with E-state index in [1.165, 1.54) is 48.1 Å². The molecule has 5 nitrogen and oxygen atoms in total. The lowest BCUT2D eigenvalue weighted by Gasteiger charge is -2.44. The molecule has 158 valence electrons. The van der Waals surface area contributed by atoms with Crippen molar-refractivity contribution in [1.82, 2.24) is 4.90 Å². The summed E-state index contributed by atoms with van der Waals surface area (Å²) in [6.45, 7) is 2.21. The Kier molecular flexibility index (Phi) is 4.86. The highest BCUT2D eigenvalue weighted by molar-refractivity contribution is 5.94. The van der Waals surface area contributed by atoms with Crippen molar-refractivity contribution in [2.45, 2.75) is 31.2 Å². The fraction of sp³-hybridized carbons (Fsp3) is 0.440. The standard InChI is InChI=1S/C25H29NO4/c1-27-22-10-17-16-9-15-7-5-6-8-26(15)14-21(16)20-13-25(30-4)24(29-3)12-19(20)18(17)11-23(22)28-2/h9-13,15,21H,5-8,14H2,1-4H3/t15-,21-/m0/s1. The van der Waals surface area contributed by atoms with Crippen LogP contribution in [0.3, 0.4) is 0 Å². The van der Waals surface area contributed by atoms with Crippen LogP contribution in [-0.4, -0.2) is 52.5 Å². The molecule has 0 spiro atoms. The van der Waals surface area contributed by atoms with Crippen molar-refractivity contribution in [2.75, 3.05) is 41.5 Å². The molecule has 1 saturated heterocycles. The first-order valence-corrected chi connectivity index (χ1v) is 10.7. The van der Waals surface area contributed by atoms with Crippen LogP contribution in [0, 0.1) is 0 Å². The second-order valence-corrected chi connectivity index (χ2v) is 8.28. The van der Waals surface area contributed by atoms with Gasteiger partial charge in [-0.2, -0.15) is 0 Å². The summed E-state index contributed by atoms with van der Waals surface area (Å²) < 4.78 is 22.6. The van der Waals surface area contributed by atoms with E-state index in [1.54, 1.807) is 28.4 Å². The molecule has 2 atom stereocenters. The molecule has 2 aromatic rings. The van der Waals surface area contributed by atoms with E-state index in [0.717, 1.165) is 35.1 Å². The smallest absolute Gasteiger partial charge is 0.161 e. The average Bonchev–Trinajstić information content (AvgIpc) is 2.81. The zero-order valence-corrected chi connectivity index (χ0v) is 18.2. The highest BCUT2D eigenvalue weighted by Gasteiger charge is 2.38. The van der Waals surface area contributed by atoms with Crippen molar-refractivity contribution in [3.05, 3.63) is 41.5 Å². The largest absolute Gasteiger partial charge is 0.493 e. The second kappa shape index (κ2) is 7.55. The zero-order valence-electron chi connectivity index (χ0n) is 18.2. The minimum Gasteiger partial charge on any atom is -0.493 e. The zero-order chi connectivity index (χ0) is 20.8. The van der Waals surface area contributed by atoms with Gasteiger partial charge < -0.3 is 18.9 Å². The van der Waals surface area contributed by atoms with Crippen molar-refractivity contribution >= 4 is 5.57 Å². The van der Waals surface area contributed by atoms with Crippen LogP contribution in [0.1, 0.15) is 36.3 Å². The lowest BCUT2D eigenvalue weighted by atomic mass is 9.71. The number of methoxy groups -OCH3 is 4. The molecule has 0 aromatic heterocycles. The van der Waals surface area contributed by atoms with Gasteiger partial charge in [0.1, 0.15) is 0 Å².